The topological polar surface area (TPSA) is 71.1 Å². The third kappa shape index (κ3) is 4.00. The molecule has 23 heavy (non-hydrogen) atoms. The van der Waals surface area contributed by atoms with E-state index in [9.17, 15) is 9.59 Å². The second-order valence-electron chi connectivity index (χ2n) is 4.51. The van der Waals surface area contributed by atoms with Crippen molar-refractivity contribution < 1.29 is 28.5 Å². The molecule has 0 radical (unpaired) electrons. The van der Waals surface area contributed by atoms with E-state index in [0.717, 1.165) is 0 Å². The van der Waals surface area contributed by atoms with Crippen molar-refractivity contribution in [3.05, 3.63) is 53.6 Å². The minimum absolute atomic E-state index is 0.236. The number of esters is 2. The predicted octanol–water partition coefficient (Wildman–Crippen LogP) is 2.71. The van der Waals surface area contributed by atoms with Gasteiger partial charge in [0.25, 0.3) is 0 Å². The van der Waals surface area contributed by atoms with Crippen LogP contribution in [0.1, 0.15) is 20.7 Å². The highest BCUT2D eigenvalue weighted by Gasteiger charge is 2.14. The van der Waals surface area contributed by atoms with Crippen LogP contribution in [0.4, 0.5) is 0 Å². The van der Waals surface area contributed by atoms with Gasteiger partial charge in [0, 0.05) is 6.07 Å². The first-order valence-electron chi connectivity index (χ1n) is 6.71. The molecule has 0 aromatic heterocycles. The molecule has 0 bridgehead atoms. The fraction of sp³-hybridized carbons (Fsp3) is 0.176. The van der Waals surface area contributed by atoms with E-state index in [1.54, 1.807) is 24.3 Å². The van der Waals surface area contributed by atoms with E-state index >= 15 is 0 Å². The van der Waals surface area contributed by atoms with Crippen LogP contribution in [0.2, 0.25) is 0 Å². The summed E-state index contributed by atoms with van der Waals surface area (Å²) >= 11 is 0. The fourth-order valence-corrected chi connectivity index (χ4v) is 1.90. The Kier molecular flexibility index (Phi) is 5.19. The van der Waals surface area contributed by atoms with Gasteiger partial charge in [-0.2, -0.15) is 0 Å². The molecule has 6 nitrogen and oxygen atoms in total. The molecule has 2 aromatic rings. The summed E-state index contributed by atoms with van der Waals surface area (Å²) in [6.45, 7) is 0. The van der Waals surface area contributed by atoms with Gasteiger partial charge in [-0.15, -0.1) is 0 Å². The molecule has 0 spiro atoms. The van der Waals surface area contributed by atoms with Crippen molar-refractivity contribution in [1.29, 1.82) is 0 Å². The van der Waals surface area contributed by atoms with Crippen LogP contribution < -0.4 is 14.2 Å². The molecule has 0 atom stereocenters. The Bertz CT molecular complexity index is 701. The van der Waals surface area contributed by atoms with Crippen molar-refractivity contribution in [3.8, 4) is 17.2 Å². The van der Waals surface area contributed by atoms with Gasteiger partial charge in [-0.3, -0.25) is 0 Å². The van der Waals surface area contributed by atoms with Gasteiger partial charge in [0.2, 0.25) is 0 Å². The van der Waals surface area contributed by atoms with Crippen LogP contribution in [-0.2, 0) is 4.74 Å². The summed E-state index contributed by atoms with van der Waals surface area (Å²) < 4.78 is 20.1. The number of carbonyl (C=O) groups excluding carboxylic acids is 2. The zero-order valence-electron chi connectivity index (χ0n) is 13.0. The maximum atomic E-state index is 12.3. The summed E-state index contributed by atoms with van der Waals surface area (Å²) in [6, 6.07) is 10.9. The molecule has 2 rings (SSSR count). The Hall–Kier alpha value is -3.02. The number of hydrogen-bond acceptors (Lipinski definition) is 6. The first kappa shape index (κ1) is 16.4. The van der Waals surface area contributed by atoms with Crippen LogP contribution in [0.5, 0.6) is 17.2 Å². The number of methoxy groups -OCH3 is 3. The summed E-state index contributed by atoms with van der Waals surface area (Å²) in [7, 11) is 4.26. The first-order valence-corrected chi connectivity index (χ1v) is 6.71. The molecule has 120 valence electrons. The Morgan fingerprint density at radius 3 is 1.91 bits per heavy atom. The molecule has 2 aromatic carbocycles. The second-order valence-corrected chi connectivity index (χ2v) is 4.51. The summed E-state index contributed by atoms with van der Waals surface area (Å²) in [5.74, 6) is 0.0778. The highest BCUT2D eigenvalue weighted by Crippen LogP contribution is 2.24. The number of ether oxygens (including phenoxy) is 4. The van der Waals surface area contributed by atoms with Gasteiger partial charge < -0.3 is 18.9 Å². The third-order valence-electron chi connectivity index (χ3n) is 3.05. The van der Waals surface area contributed by atoms with E-state index in [0.29, 0.717) is 17.1 Å². The molecule has 0 heterocycles. The average molecular weight is 316 g/mol. The van der Waals surface area contributed by atoms with Gasteiger partial charge in [-0.1, -0.05) is 6.07 Å². The minimum atomic E-state index is -0.593. The smallest absolute Gasteiger partial charge is 0.343 e. The van der Waals surface area contributed by atoms with Gasteiger partial charge in [-0.05, 0) is 30.3 Å². The van der Waals surface area contributed by atoms with Crippen molar-refractivity contribution >= 4 is 11.9 Å². The van der Waals surface area contributed by atoms with Crippen LogP contribution in [0, 0.1) is 0 Å². The van der Waals surface area contributed by atoms with Crippen LogP contribution >= 0.6 is 0 Å². The lowest BCUT2D eigenvalue weighted by Crippen LogP contribution is -2.10. The Morgan fingerprint density at radius 2 is 1.35 bits per heavy atom. The van der Waals surface area contributed by atoms with E-state index in [2.05, 4.69) is 4.74 Å². The zero-order chi connectivity index (χ0) is 16.8. The van der Waals surface area contributed by atoms with Crippen molar-refractivity contribution in [3.63, 3.8) is 0 Å². The molecule has 6 heteroatoms. The minimum Gasteiger partial charge on any atom is -0.497 e. The maximum absolute atomic E-state index is 12.3. The third-order valence-corrected chi connectivity index (χ3v) is 3.05. The standard InChI is InChI=1S/C17H16O6/c1-20-14-8-12(9-15(10-14)21-2)17(19)23-13-6-4-5-11(7-13)16(18)22-3/h4-10H,1-3H3. The quantitative estimate of drug-likeness (QED) is 0.624. The van der Waals surface area contributed by atoms with Gasteiger partial charge >= 0.3 is 11.9 Å². The Morgan fingerprint density at radius 1 is 0.739 bits per heavy atom. The first-order chi connectivity index (χ1) is 11.1. The SMILES string of the molecule is COC(=O)c1cccc(OC(=O)c2cc(OC)cc(OC)c2)c1. The summed E-state index contributed by atoms with van der Waals surface area (Å²) in [5.41, 5.74) is 0.561. The largest absolute Gasteiger partial charge is 0.497 e. The van der Waals surface area contributed by atoms with Gasteiger partial charge in [0.1, 0.15) is 17.2 Å². The predicted molar refractivity (Wildman–Crippen MR) is 82.3 cm³/mol. The highest BCUT2D eigenvalue weighted by molar-refractivity contribution is 5.93. The van der Waals surface area contributed by atoms with E-state index in [4.69, 9.17) is 14.2 Å². The van der Waals surface area contributed by atoms with Crippen molar-refractivity contribution in [1.82, 2.24) is 0 Å². The second kappa shape index (κ2) is 7.31. The van der Waals surface area contributed by atoms with E-state index < -0.39 is 11.9 Å². The highest BCUT2D eigenvalue weighted by atomic mass is 16.5. The van der Waals surface area contributed by atoms with E-state index in [-0.39, 0.29) is 11.3 Å². The number of hydrogen-bond donors (Lipinski definition) is 0. The van der Waals surface area contributed by atoms with Crippen LogP contribution in [0.25, 0.3) is 0 Å². The molecular formula is C17H16O6. The molecule has 0 saturated heterocycles. The molecule has 0 aliphatic carbocycles. The molecule has 0 N–H and O–H groups in total. The molecule has 0 saturated carbocycles. The van der Waals surface area contributed by atoms with Crippen molar-refractivity contribution in [2.24, 2.45) is 0 Å². The number of benzene rings is 2. The van der Waals surface area contributed by atoms with Crippen LogP contribution in [-0.4, -0.2) is 33.3 Å². The number of carbonyl (C=O) groups is 2. The molecule has 0 amide bonds. The lowest BCUT2D eigenvalue weighted by molar-refractivity contribution is 0.0597. The average Bonchev–Trinajstić information content (AvgIpc) is 2.60. The fourth-order valence-electron chi connectivity index (χ4n) is 1.90. The monoisotopic (exact) mass is 316 g/mol. The van der Waals surface area contributed by atoms with Crippen molar-refractivity contribution in [2.45, 2.75) is 0 Å². The van der Waals surface area contributed by atoms with Gasteiger partial charge in [0.15, 0.2) is 0 Å². The molecule has 0 unspecified atom stereocenters. The maximum Gasteiger partial charge on any atom is 0.343 e. The number of rotatable bonds is 5. The molecule has 0 fully saturated rings. The van der Waals surface area contributed by atoms with Gasteiger partial charge in [-0.25, -0.2) is 9.59 Å². The Labute approximate surface area is 133 Å². The van der Waals surface area contributed by atoms with E-state index in [1.807, 2.05) is 0 Å². The normalized spacial score (nSPS) is 9.87. The summed E-state index contributed by atoms with van der Waals surface area (Å²) in [4.78, 5) is 23.7. The van der Waals surface area contributed by atoms with Crippen LogP contribution in [0.3, 0.4) is 0 Å². The summed E-state index contributed by atoms with van der Waals surface area (Å²) in [5, 5.41) is 0. The lowest BCUT2D eigenvalue weighted by atomic mass is 10.2. The lowest BCUT2D eigenvalue weighted by Gasteiger charge is -2.09. The Balaban J connectivity index is 2.24. The zero-order valence-corrected chi connectivity index (χ0v) is 13.0. The molecule has 0 aliphatic heterocycles. The summed E-state index contributed by atoms with van der Waals surface area (Å²) in [6.07, 6.45) is 0. The van der Waals surface area contributed by atoms with Gasteiger partial charge in [0.05, 0.1) is 32.5 Å². The van der Waals surface area contributed by atoms with Crippen molar-refractivity contribution in [2.75, 3.05) is 21.3 Å². The van der Waals surface area contributed by atoms with Crippen LogP contribution in [0.15, 0.2) is 42.5 Å². The molecular weight excluding hydrogens is 300 g/mol. The molecule has 0 aliphatic rings. The van der Waals surface area contributed by atoms with E-state index in [1.165, 1.54) is 39.5 Å².